The van der Waals surface area contributed by atoms with Gasteiger partial charge in [0.2, 0.25) is 0 Å². The SMILES string of the molecule is COc1cc(NC(=O)c2cccc(NS(=O)(=O)c3cccc(C(F)(F)F)c3)c2)ccc1C(=O)O.COc1cc(NC(=O)c2cccc(NS(=O)(=O)c3cccc(C(F)(F)F)c3)c2)ccc1C(=O)O. The van der Waals surface area contributed by atoms with Gasteiger partial charge in [-0.15, -0.1) is 0 Å². The lowest BCUT2D eigenvalue weighted by atomic mass is 10.1. The van der Waals surface area contributed by atoms with Crippen molar-refractivity contribution in [1.29, 1.82) is 0 Å². The zero-order valence-electron chi connectivity index (χ0n) is 34.8. The van der Waals surface area contributed by atoms with Crippen molar-refractivity contribution in [3.63, 3.8) is 0 Å². The molecule has 0 aromatic heterocycles. The van der Waals surface area contributed by atoms with Gasteiger partial charge in [-0.1, -0.05) is 24.3 Å². The van der Waals surface area contributed by atoms with Gasteiger partial charge in [-0.25, -0.2) is 26.4 Å². The number of sulfonamides is 2. The van der Waals surface area contributed by atoms with Crippen LogP contribution in [0.1, 0.15) is 52.6 Å². The van der Waals surface area contributed by atoms with Crippen LogP contribution in [0.25, 0.3) is 0 Å². The number of hydrogen-bond acceptors (Lipinski definition) is 10. The van der Waals surface area contributed by atoms with Gasteiger partial charge in [-0.05, 0) is 97.1 Å². The minimum Gasteiger partial charge on any atom is -0.496 e. The fourth-order valence-electron chi connectivity index (χ4n) is 5.85. The molecule has 0 fully saturated rings. The van der Waals surface area contributed by atoms with E-state index >= 15 is 0 Å². The second-order valence-electron chi connectivity index (χ2n) is 13.8. The molecule has 0 aliphatic carbocycles. The van der Waals surface area contributed by atoms with E-state index in [9.17, 15) is 62.4 Å². The summed E-state index contributed by atoms with van der Waals surface area (Å²) in [5.41, 5.74) is -2.04. The maximum absolute atomic E-state index is 12.9. The van der Waals surface area contributed by atoms with E-state index in [4.69, 9.17) is 19.7 Å². The number of nitrogens with one attached hydrogen (secondary N) is 4. The van der Waals surface area contributed by atoms with Crippen molar-refractivity contribution in [3.05, 3.63) is 167 Å². The van der Waals surface area contributed by atoms with E-state index in [1.165, 1.54) is 99.1 Å². The van der Waals surface area contributed by atoms with Crippen molar-refractivity contribution in [1.82, 2.24) is 0 Å². The lowest BCUT2D eigenvalue weighted by Gasteiger charge is -2.12. The Hall–Kier alpha value is -8.12. The standard InChI is InChI=1S/2C22H17F3N2O6S/c2*1-33-19-12-15(8-9-18(19)21(29)30)26-20(28)13-4-2-6-16(10-13)27-34(31,32)17-7-3-5-14(11-17)22(23,24)25/h2*2-12,27H,1H3,(H,26,28)(H,29,30). The number of alkyl halides is 6. The third-order valence-electron chi connectivity index (χ3n) is 9.08. The number of halogens is 6. The van der Waals surface area contributed by atoms with E-state index in [0.29, 0.717) is 12.1 Å². The summed E-state index contributed by atoms with van der Waals surface area (Å²) in [5, 5.41) is 23.3. The molecule has 6 aromatic carbocycles. The predicted octanol–water partition coefficient (Wildman–Crippen LogP) is 8.93. The summed E-state index contributed by atoms with van der Waals surface area (Å²) in [6.45, 7) is 0. The molecule has 6 rings (SSSR count). The summed E-state index contributed by atoms with van der Waals surface area (Å²) in [6.07, 6.45) is -9.43. The Balaban J connectivity index is 0.000000254. The van der Waals surface area contributed by atoms with Crippen LogP contribution in [0.3, 0.4) is 0 Å². The van der Waals surface area contributed by atoms with Crippen LogP contribution in [-0.2, 0) is 32.4 Å². The molecular weight excluding hydrogens is 955 g/mol. The first kappa shape index (κ1) is 50.9. The molecule has 0 radical (unpaired) electrons. The Kier molecular flexibility index (Phi) is 15.4. The van der Waals surface area contributed by atoms with Gasteiger partial charge in [0.1, 0.15) is 22.6 Å². The van der Waals surface area contributed by atoms with E-state index in [1.54, 1.807) is 0 Å². The van der Waals surface area contributed by atoms with Crippen molar-refractivity contribution in [2.45, 2.75) is 22.1 Å². The van der Waals surface area contributed by atoms with E-state index in [0.717, 1.165) is 36.4 Å². The number of amides is 2. The van der Waals surface area contributed by atoms with Gasteiger partial charge in [-0.3, -0.25) is 19.0 Å². The fourth-order valence-corrected chi connectivity index (χ4v) is 8.04. The maximum Gasteiger partial charge on any atom is 0.416 e. The van der Waals surface area contributed by atoms with Gasteiger partial charge in [0, 0.05) is 46.0 Å². The molecule has 0 atom stereocenters. The van der Waals surface area contributed by atoms with Gasteiger partial charge in [-0.2, -0.15) is 26.3 Å². The van der Waals surface area contributed by atoms with Gasteiger partial charge in [0.05, 0.1) is 35.1 Å². The highest BCUT2D eigenvalue weighted by Gasteiger charge is 2.33. The number of hydrogen-bond donors (Lipinski definition) is 6. The number of rotatable bonds is 14. The quantitative estimate of drug-likeness (QED) is 0.0561. The van der Waals surface area contributed by atoms with Crippen molar-refractivity contribution < 1.29 is 82.0 Å². The third-order valence-corrected chi connectivity index (χ3v) is 11.8. The van der Waals surface area contributed by atoms with E-state index in [2.05, 4.69) is 20.1 Å². The summed E-state index contributed by atoms with van der Waals surface area (Å²) in [4.78, 5) is 46.4. The highest BCUT2D eigenvalue weighted by atomic mass is 32.2. The summed E-state index contributed by atoms with van der Waals surface area (Å²) < 4.78 is 142. The van der Waals surface area contributed by atoms with Crippen molar-refractivity contribution in [2.75, 3.05) is 34.3 Å². The number of ether oxygens (including phenoxy) is 2. The number of carboxylic acids is 2. The van der Waals surface area contributed by atoms with Gasteiger partial charge in [0.15, 0.2) is 0 Å². The molecule has 2 amide bonds. The van der Waals surface area contributed by atoms with Gasteiger partial charge >= 0.3 is 24.3 Å². The van der Waals surface area contributed by atoms with Crippen LogP contribution >= 0.6 is 0 Å². The molecule has 68 heavy (non-hydrogen) atoms. The topological polar surface area (TPSA) is 244 Å². The number of aromatic carboxylic acids is 2. The summed E-state index contributed by atoms with van der Waals surface area (Å²) in [6, 6.07) is 24.9. The first-order valence-electron chi connectivity index (χ1n) is 18.9. The molecule has 0 bridgehead atoms. The summed E-state index contributed by atoms with van der Waals surface area (Å²) in [7, 11) is -6.20. The first-order chi connectivity index (χ1) is 31.8. The Labute approximate surface area is 382 Å². The number of carbonyl (C=O) groups is 4. The van der Waals surface area contributed by atoms with Crippen molar-refractivity contribution in [3.8, 4) is 11.5 Å². The van der Waals surface area contributed by atoms with Crippen molar-refractivity contribution in [2.24, 2.45) is 0 Å². The summed E-state index contributed by atoms with van der Waals surface area (Å²) >= 11 is 0. The highest BCUT2D eigenvalue weighted by molar-refractivity contribution is 7.93. The van der Waals surface area contributed by atoms with Crippen LogP contribution in [0.15, 0.2) is 143 Å². The Morgan fingerprint density at radius 3 is 1.15 bits per heavy atom. The summed E-state index contributed by atoms with van der Waals surface area (Å²) in [5.74, 6) is -3.68. The number of benzene rings is 6. The fraction of sp³-hybridized carbons (Fsp3) is 0.0909. The number of methoxy groups -OCH3 is 2. The molecular formula is C44H34F6N4O12S2. The maximum atomic E-state index is 12.9. The Morgan fingerprint density at radius 2 is 0.824 bits per heavy atom. The molecule has 0 saturated carbocycles. The van der Waals surface area contributed by atoms with E-state index in [1.807, 2.05) is 0 Å². The smallest absolute Gasteiger partial charge is 0.416 e. The molecule has 0 spiro atoms. The minimum atomic E-state index is -4.71. The monoisotopic (exact) mass is 988 g/mol. The van der Waals surface area contributed by atoms with Crippen LogP contribution in [0, 0.1) is 0 Å². The van der Waals surface area contributed by atoms with Gasteiger partial charge in [0.25, 0.3) is 31.9 Å². The largest absolute Gasteiger partial charge is 0.496 e. The van der Waals surface area contributed by atoms with Gasteiger partial charge < -0.3 is 30.3 Å². The molecule has 0 unspecified atom stereocenters. The molecule has 0 heterocycles. The number of anilines is 4. The second kappa shape index (κ2) is 20.6. The molecule has 6 aromatic rings. The normalized spacial score (nSPS) is 11.5. The third kappa shape index (κ3) is 13.0. The van der Waals surface area contributed by atoms with E-state index < -0.39 is 77.1 Å². The Morgan fingerprint density at radius 1 is 0.471 bits per heavy atom. The zero-order chi connectivity index (χ0) is 50.2. The van der Waals surface area contributed by atoms with Crippen LogP contribution < -0.4 is 29.6 Å². The molecule has 6 N–H and O–H groups in total. The average molecular weight is 989 g/mol. The number of carboxylic acid groups (broad SMARTS) is 2. The van der Waals surface area contributed by atoms with E-state index in [-0.39, 0.29) is 56.5 Å². The van der Waals surface area contributed by atoms with Crippen molar-refractivity contribution >= 4 is 66.5 Å². The second-order valence-corrected chi connectivity index (χ2v) is 17.1. The lowest BCUT2D eigenvalue weighted by Crippen LogP contribution is -2.16. The molecule has 0 saturated heterocycles. The molecule has 0 aliphatic rings. The molecule has 16 nitrogen and oxygen atoms in total. The molecule has 0 aliphatic heterocycles. The zero-order valence-corrected chi connectivity index (χ0v) is 36.4. The van der Waals surface area contributed by atoms with Crippen LogP contribution in [-0.4, -0.2) is 65.0 Å². The van der Waals surface area contributed by atoms with Crippen LogP contribution in [0.2, 0.25) is 0 Å². The lowest BCUT2D eigenvalue weighted by molar-refractivity contribution is -0.138. The first-order valence-corrected chi connectivity index (χ1v) is 21.8. The number of carbonyl (C=O) groups excluding carboxylic acids is 2. The minimum absolute atomic E-state index is 0.0212. The average Bonchev–Trinajstić information content (AvgIpc) is 3.28. The Bertz CT molecular complexity index is 2920. The molecule has 24 heteroatoms. The predicted molar refractivity (Wildman–Crippen MR) is 233 cm³/mol. The highest BCUT2D eigenvalue weighted by Crippen LogP contribution is 2.33. The molecule has 356 valence electrons. The van der Waals surface area contributed by atoms with Crippen LogP contribution in [0.4, 0.5) is 49.1 Å². The van der Waals surface area contributed by atoms with Crippen LogP contribution in [0.5, 0.6) is 11.5 Å².